The number of hydrogen-bond donors (Lipinski definition) is 1. The average molecular weight is 539 g/mol. The lowest BCUT2D eigenvalue weighted by Crippen LogP contribution is -2.33. The SMILES string of the molecule is COc1cccc(-c2nnc(NS(=O)(=O)C(C)C(OC)c3ncc(C)cn3)n2-c2ccc(N(C)C)cc2)n1. The normalized spacial score (nSPS) is 13.1. The Balaban J connectivity index is 1.76. The molecule has 3 heterocycles. The molecule has 1 aromatic carbocycles. The van der Waals surface area contributed by atoms with E-state index in [2.05, 4.69) is 29.9 Å². The molecule has 0 fully saturated rings. The maximum Gasteiger partial charge on any atom is 0.243 e. The molecule has 3 aromatic heterocycles. The van der Waals surface area contributed by atoms with Gasteiger partial charge in [0.25, 0.3) is 0 Å². The Morgan fingerprint density at radius 2 is 1.68 bits per heavy atom. The smallest absolute Gasteiger partial charge is 0.243 e. The number of ether oxygens (including phenoxy) is 2. The number of pyridine rings is 1. The zero-order valence-corrected chi connectivity index (χ0v) is 22.8. The van der Waals surface area contributed by atoms with Crippen LogP contribution in [0.3, 0.4) is 0 Å². The summed E-state index contributed by atoms with van der Waals surface area (Å²) >= 11 is 0. The molecule has 0 saturated heterocycles. The number of anilines is 2. The lowest BCUT2D eigenvalue weighted by Gasteiger charge is -2.22. The van der Waals surface area contributed by atoms with Gasteiger partial charge in [0.2, 0.25) is 21.9 Å². The Hall–Kier alpha value is -4.10. The number of methoxy groups -OCH3 is 2. The Morgan fingerprint density at radius 3 is 2.29 bits per heavy atom. The van der Waals surface area contributed by atoms with Crippen LogP contribution in [0.2, 0.25) is 0 Å². The number of aryl methyl sites for hydroxylation is 1. The number of hydrogen-bond acceptors (Lipinski definition) is 10. The summed E-state index contributed by atoms with van der Waals surface area (Å²) in [6, 6.07) is 12.7. The molecule has 0 amide bonds. The van der Waals surface area contributed by atoms with Crippen LogP contribution < -0.4 is 14.4 Å². The molecule has 2 atom stereocenters. The summed E-state index contributed by atoms with van der Waals surface area (Å²) in [7, 11) is 2.75. The van der Waals surface area contributed by atoms with Gasteiger partial charge in [-0.25, -0.2) is 23.4 Å². The van der Waals surface area contributed by atoms with E-state index in [1.165, 1.54) is 21.1 Å². The fraction of sp³-hybridized carbons (Fsp3) is 0.320. The number of nitrogens with one attached hydrogen (secondary N) is 1. The topological polar surface area (TPSA) is 137 Å². The van der Waals surface area contributed by atoms with Crippen molar-refractivity contribution in [2.45, 2.75) is 25.2 Å². The average Bonchev–Trinajstić information content (AvgIpc) is 3.32. The Bertz CT molecular complexity index is 1490. The minimum absolute atomic E-state index is 0.00579. The second-order valence-corrected chi connectivity index (χ2v) is 10.8. The van der Waals surface area contributed by atoms with Crippen LogP contribution in [0.5, 0.6) is 5.88 Å². The second-order valence-electron chi connectivity index (χ2n) is 8.79. The molecule has 13 heteroatoms. The van der Waals surface area contributed by atoms with Crippen LogP contribution in [0.1, 0.15) is 24.4 Å². The van der Waals surface area contributed by atoms with Crippen LogP contribution in [-0.2, 0) is 14.8 Å². The molecule has 0 bridgehead atoms. The highest BCUT2D eigenvalue weighted by Crippen LogP contribution is 2.29. The van der Waals surface area contributed by atoms with Gasteiger partial charge in [0.05, 0.1) is 12.8 Å². The summed E-state index contributed by atoms with van der Waals surface area (Å²) in [5.74, 6) is 0.973. The lowest BCUT2D eigenvalue weighted by molar-refractivity contribution is 0.0949. The van der Waals surface area contributed by atoms with Gasteiger partial charge >= 0.3 is 0 Å². The largest absolute Gasteiger partial charge is 0.481 e. The van der Waals surface area contributed by atoms with E-state index in [9.17, 15) is 8.42 Å². The summed E-state index contributed by atoms with van der Waals surface area (Å²) in [6.07, 6.45) is 2.31. The standard InChI is InChI=1S/C25H30N8O4S/c1-16-14-26-23(27-15-16)22(37-6)17(2)38(34,35)31-25-30-29-24(20-8-7-9-21(28-20)36-5)33(25)19-12-10-18(11-13-19)32(3)4/h7-15,17,22H,1-6H3,(H,30,31). The van der Waals surface area contributed by atoms with Gasteiger partial charge in [0.1, 0.15) is 17.0 Å². The number of aromatic nitrogens is 6. The second kappa shape index (κ2) is 11.1. The van der Waals surface area contributed by atoms with Crippen molar-refractivity contribution in [2.75, 3.05) is 37.9 Å². The molecule has 38 heavy (non-hydrogen) atoms. The maximum atomic E-state index is 13.5. The molecule has 1 N–H and O–H groups in total. The quantitative estimate of drug-likeness (QED) is 0.321. The van der Waals surface area contributed by atoms with E-state index < -0.39 is 21.4 Å². The Morgan fingerprint density at radius 1 is 1.00 bits per heavy atom. The number of nitrogens with zero attached hydrogens (tertiary/aromatic N) is 7. The minimum Gasteiger partial charge on any atom is -0.481 e. The molecule has 0 radical (unpaired) electrons. The number of rotatable bonds is 10. The third-order valence-electron chi connectivity index (χ3n) is 5.91. The molecule has 2 unspecified atom stereocenters. The van der Waals surface area contributed by atoms with E-state index >= 15 is 0 Å². The highest BCUT2D eigenvalue weighted by molar-refractivity contribution is 7.93. The third kappa shape index (κ3) is 5.58. The van der Waals surface area contributed by atoms with Crippen LogP contribution in [0, 0.1) is 6.92 Å². The minimum atomic E-state index is -4.05. The van der Waals surface area contributed by atoms with E-state index in [1.807, 2.05) is 50.2 Å². The van der Waals surface area contributed by atoms with Gasteiger partial charge in [-0.15, -0.1) is 10.2 Å². The van der Waals surface area contributed by atoms with Crippen molar-refractivity contribution >= 4 is 21.7 Å². The van der Waals surface area contributed by atoms with Crippen LogP contribution in [0.15, 0.2) is 54.9 Å². The molecule has 4 aromatic rings. The molecule has 0 aliphatic carbocycles. The van der Waals surface area contributed by atoms with Gasteiger partial charge in [0.15, 0.2) is 11.6 Å². The summed E-state index contributed by atoms with van der Waals surface area (Å²) < 4.78 is 42.0. The van der Waals surface area contributed by atoms with Crippen molar-refractivity contribution in [1.82, 2.24) is 29.7 Å². The first-order chi connectivity index (χ1) is 18.1. The molecule has 12 nitrogen and oxygen atoms in total. The number of benzene rings is 1. The van der Waals surface area contributed by atoms with Crippen molar-refractivity contribution in [3.63, 3.8) is 0 Å². The molecule has 0 aliphatic rings. The molecular weight excluding hydrogens is 508 g/mol. The fourth-order valence-electron chi connectivity index (χ4n) is 3.75. The highest BCUT2D eigenvalue weighted by atomic mass is 32.2. The first-order valence-corrected chi connectivity index (χ1v) is 13.3. The maximum absolute atomic E-state index is 13.5. The van der Waals surface area contributed by atoms with Crippen molar-refractivity contribution < 1.29 is 17.9 Å². The van der Waals surface area contributed by atoms with Crippen molar-refractivity contribution in [1.29, 1.82) is 0 Å². The molecule has 200 valence electrons. The summed E-state index contributed by atoms with van der Waals surface area (Å²) in [5, 5.41) is 7.39. The zero-order chi connectivity index (χ0) is 27.4. The van der Waals surface area contributed by atoms with Gasteiger partial charge in [-0.1, -0.05) is 6.07 Å². The van der Waals surface area contributed by atoms with E-state index in [0.29, 0.717) is 23.1 Å². The van der Waals surface area contributed by atoms with E-state index in [0.717, 1.165) is 11.3 Å². The van der Waals surface area contributed by atoms with Gasteiger partial charge in [-0.3, -0.25) is 9.29 Å². The highest BCUT2D eigenvalue weighted by Gasteiger charge is 2.34. The predicted octanol–water partition coefficient (Wildman–Crippen LogP) is 3.02. The fourth-order valence-corrected chi connectivity index (χ4v) is 4.88. The van der Waals surface area contributed by atoms with Crippen LogP contribution in [0.25, 0.3) is 17.2 Å². The first kappa shape index (κ1) is 26.9. The molecule has 4 rings (SSSR count). The predicted molar refractivity (Wildman–Crippen MR) is 144 cm³/mol. The lowest BCUT2D eigenvalue weighted by atomic mass is 10.2. The van der Waals surface area contributed by atoms with Gasteiger partial charge in [0, 0.05) is 45.4 Å². The molecular formula is C25H30N8O4S. The van der Waals surface area contributed by atoms with Crippen molar-refractivity contribution in [3.8, 4) is 23.1 Å². The van der Waals surface area contributed by atoms with Crippen molar-refractivity contribution in [3.05, 3.63) is 66.2 Å². The van der Waals surface area contributed by atoms with Gasteiger partial charge < -0.3 is 14.4 Å². The third-order valence-corrected chi connectivity index (χ3v) is 7.60. The summed E-state index contributed by atoms with van der Waals surface area (Å²) in [6.45, 7) is 3.37. The zero-order valence-electron chi connectivity index (χ0n) is 22.0. The number of sulfonamides is 1. The Labute approximate surface area is 221 Å². The molecule has 0 saturated carbocycles. The van der Waals surface area contributed by atoms with Gasteiger partial charge in [-0.2, -0.15) is 0 Å². The van der Waals surface area contributed by atoms with E-state index in [1.54, 1.807) is 35.2 Å². The van der Waals surface area contributed by atoms with Gasteiger partial charge in [-0.05, 0) is 49.7 Å². The van der Waals surface area contributed by atoms with Crippen LogP contribution in [0.4, 0.5) is 11.6 Å². The first-order valence-electron chi connectivity index (χ1n) is 11.7. The van der Waals surface area contributed by atoms with Crippen LogP contribution in [-0.4, -0.2) is 71.7 Å². The van der Waals surface area contributed by atoms with E-state index in [-0.39, 0.29) is 11.8 Å². The van der Waals surface area contributed by atoms with Crippen LogP contribution >= 0.6 is 0 Å². The Kier molecular flexibility index (Phi) is 7.88. The molecule has 0 aliphatic heterocycles. The molecule has 0 spiro atoms. The summed E-state index contributed by atoms with van der Waals surface area (Å²) in [5.41, 5.74) is 2.91. The van der Waals surface area contributed by atoms with Crippen molar-refractivity contribution in [2.24, 2.45) is 0 Å². The summed E-state index contributed by atoms with van der Waals surface area (Å²) in [4.78, 5) is 14.9. The monoisotopic (exact) mass is 538 g/mol. The van der Waals surface area contributed by atoms with E-state index in [4.69, 9.17) is 9.47 Å².